The molecule has 0 aliphatic heterocycles. The van der Waals surface area contributed by atoms with Crippen molar-refractivity contribution in [2.45, 2.75) is 0 Å². The summed E-state index contributed by atoms with van der Waals surface area (Å²) >= 11 is 0. The van der Waals surface area contributed by atoms with Crippen LogP contribution < -0.4 is 29.6 Å². The van der Waals surface area contributed by atoms with Gasteiger partial charge in [0.15, 0.2) is 0 Å². The standard InChI is InChI=1S/Al.B.Na.H4O4Si/c;;;1-5(2,3)4/h;;;1-4H/q2*+3;+1;. The van der Waals surface area contributed by atoms with Gasteiger partial charge in [0, 0.05) is 0 Å². The zero-order valence-electron chi connectivity index (χ0n) is 4.44. The first-order valence-electron chi connectivity index (χ1n) is 0.894. The zero-order valence-corrected chi connectivity index (χ0v) is 8.60. The van der Waals surface area contributed by atoms with Crippen LogP contribution in [0.25, 0.3) is 0 Å². The van der Waals surface area contributed by atoms with Gasteiger partial charge in [-0.2, -0.15) is 0 Å². The molecule has 0 aliphatic carbocycles. The minimum absolute atomic E-state index is 0. The van der Waals surface area contributed by atoms with Gasteiger partial charge in [0.05, 0.1) is 0 Å². The third kappa shape index (κ3) is 124. The van der Waals surface area contributed by atoms with Crippen LogP contribution in [-0.2, 0) is 0 Å². The number of hydrogen-bond acceptors (Lipinski definition) is 4. The maximum Gasteiger partial charge on any atom is 3.00 e. The van der Waals surface area contributed by atoms with Crippen molar-refractivity contribution < 1.29 is 48.7 Å². The van der Waals surface area contributed by atoms with Gasteiger partial charge in [-0.25, -0.2) is 0 Å². The summed E-state index contributed by atoms with van der Waals surface area (Å²) < 4.78 is 0. The second-order valence-electron chi connectivity index (χ2n) is 0.600. The van der Waals surface area contributed by atoms with Crippen molar-refractivity contribution in [2.24, 2.45) is 0 Å². The molecule has 0 rings (SSSR count). The van der Waals surface area contributed by atoms with Gasteiger partial charge < -0.3 is 19.2 Å². The van der Waals surface area contributed by atoms with Crippen LogP contribution in [0.3, 0.4) is 0 Å². The van der Waals surface area contributed by atoms with Crippen molar-refractivity contribution in [1.82, 2.24) is 0 Å². The molecule has 4 nitrogen and oxygen atoms in total. The second-order valence-corrected chi connectivity index (χ2v) is 1.80. The average Bonchev–Trinajstić information content (AvgIpc) is 0.722. The Balaban J connectivity index is -0.0000000267. The van der Waals surface area contributed by atoms with Crippen LogP contribution in [0.4, 0.5) is 0 Å². The van der Waals surface area contributed by atoms with E-state index in [1.807, 2.05) is 0 Å². The average molecular weight is 157 g/mol. The summed E-state index contributed by atoms with van der Waals surface area (Å²) in [6.45, 7) is 0. The van der Waals surface area contributed by atoms with Gasteiger partial charge in [0.1, 0.15) is 0 Å². The van der Waals surface area contributed by atoms with E-state index in [2.05, 4.69) is 0 Å². The molecule has 8 heteroatoms. The molecular weight excluding hydrogens is 153 g/mol. The summed E-state index contributed by atoms with van der Waals surface area (Å²) in [5, 5.41) is 0. The molecular formula is H4AlBNaO4Si+7. The van der Waals surface area contributed by atoms with Crippen LogP contribution in [0.15, 0.2) is 0 Å². The van der Waals surface area contributed by atoms with Crippen LogP contribution in [0.5, 0.6) is 0 Å². The molecule has 0 saturated heterocycles. The van der Waals surface area contributed by atoms with Crippen molar-refractivity contribution in [3.05, 3.63) is 0 Å². The van der Waals surface area contributed by atoms with Crippen molar-refractivity contribution in [3.8, 4) is 0 Å². The van der Waals surface area contributed by atoms with Crippen LogP contribution in [0.2, 0.25) is 0 Å². The summed E-state index contributed by atoms with van der Waals surface area (Å²) in [7, 11) is -4.61. The normalized spacial score (nSPS) is 7.50. The molecule has 0 amide bonds. The first kappa shape index (κ1) is 22.6. The topological polar surface area (TPSA) is 80.9 Å². The molecule has 4 N–H and O–H groups in total. The van der Waals surface area contributed by atoms with Gasteiger partial charge in [-0.15, -0.1) is 0 Å². The fraction of sp³-hybridized carbons (Fsp3) is 0. The Labute approximate surface area is 83.0 Å². The molecule has 0 radical (unpaired) electrons. The van der Waals surface area contributed by atoms with Gasteiger partial charge in [0.2, 0.25) is 0 Å². The largest absolute Gasteiger partial charge is 3.00 e. The fourth-order valence-corrected chi connectivity index (χ4v) is 0. The third-order valence-electron chi connectivity index (χ3n) is 0. The van der Waals surface area contributed by atoms with E-state index in [-0.39, 0.29) is 55.3 Å². The molecule has 0 bridgehead atoms. The van der Waals surface area contributed by atoms with Crippen molar-refractivity contribution >= 4 is 34.8 Å². The van der Waals surface area contributed by atoms with Crippen LogP contribution in [0, 0.1) is 0 Å². The monoisotopic (exact) mass is 157 g/mol. The van der Waals surface area contributed by atoms with E-state index in [1.165, 1.54) is 0 Å². The fourth-order valence-electron chi connectivity index (χ4n) is 0. The van der Waals surface area contributed by atoms with E-state index in [1.54, 1.807) is 0 Å². The molecule has 0 spiro atoms. The molecule has 0 aromatic rings. The number of rotatable bonds is 0. The quantitative estimate of drug-likeness (QED) is 0.263. The minimum Gasteiger partial charge on any atom is -0.368 e. The summed E-state index contributed by atoms with van der Waals surface area (Å²) in [4.78, 5) is 29.3. The van der Waals surface area contributed by atoms with Crippen LogP contribution >= 0.6 is 0 Å². The predicted octanol–water partition coefficient (Wildman–Crippen LogP) is -6.37. The van der Waals surface area contributed by atoms with Crippen molar-refractivity contribution in [2.75, 3.05) is 0 Å². The SMILES string of the molecule is O[Si](O)(O)O.[Al+3].[B+3].[Na+]. The Morgan fingerprint density at radius 3 is 0.875 bits per heavy atom. The summed E-state index contributed by atoms with van der Waals surface area (Å²) in [5.74, 6) is 0. The van der Waals surface area contributed by atoms with Gasteiger partial charge in [-0.3, -0.25) is 0 Å². The molecule has 32 valence electrons. The van der Waals surface area contributed by atoms with Crippen molar-refractivity contribution in [1.29, 1.82) is 0 Å². The molecule has 0 aromatic carbocycles. The van der Waals surface area contributed by atoms with E-state index in [0.717, 1.165) is 0 Å². The molecule has 0 saturated carbocycles. The summed E-state index contributed by atoms with van der Waals surface area (Å²) in [6.07, 6.45) is 0. The van der Waals surface area contributed by atoms with Gasteiger partial charge in [-0.1, -0.05) is 0 Å². The molecule has 0 atom stereocenters. The molecule has 0 aromatic heterocycles. The van der Waals surface area contributed by atoms with Crippen molar-refractivity contribution in [3.63, 3.8) is 0 Å². The maximum atomic E-state index is 7.33. The van der Waals surface area contributed by atoms with E-state index >= 15 is 0 Å². The molecule has 8 heavy (non-hydrogen) atoms. The Kier molecular flexibility index (Phi) is 24.5. The smallest absolute Gasteiger partial charge is 0.368 e. The first-order valence-corrected chi connectivity index (χ1v) is 2.68. The predicted molar refractivity (Wildman–Crippen MR) is 26.1 cm³/mol. The zero-order chi connectivity index (χ0) is 4.50. The van der Waals surface area contributed by atoms with Crippen LogP contribution in [-0.4, -0.2) is 54.0 Å². The van der Waals surface area contributed by atoms with Gasteiger partial charge >= 0.3 is 64.4 Å². The van der Waals surface area contributed by atoms with E-state index in [9.17, 15) is 0 Å². The van der Waals surface area contributed by atoms with E-state index < -0.39 is 9.05 Å². The molecule has 0 fully saturated rings. The second kappa shape index (κ2) is 8.65. The molecule has 0 aliphatic rings. The Bertz CT molecular complexity index is 31.5. The Morgan fingerprint density at radius 1 is 0.875 bits per heavy atom. The van der Waals surface area contributed by atoms with Crippen LogP contribution in [0.1, 0.15) is 0 Å². The first-order chi connectivity index (χ1) is 2.00. The van der Waals surface area contributed by atoms with Gasteiger partial charge in [0.25, 0.3) is 0 Å². The van der Waals surface area contributed by atoms with Gasteiger partial charge in [-0.05, 0) is 0 Å². The third-order valence-corrected chi connectivity index (χ3v) is 0. The van der Waals surface area contributed by atoms with E-state index in [0.29, 0.717) is 0 Å². The number of hydrogen-bond donors (Lipinski definition) is 4. The minimum atomic E-state index is -4.61. The summed E-state index contributed by atoms with van der Waals surface area (Å²) in [5.41, 5.74) is 0. The Hall–Kier alpha value is 1.65. The van der Waals surface area contributed by atoms with E-state index in [4.69, 9.17) is 19.2 Å². The Morgan fingerprint density at radius 2 is 0.875 bits per heavy atom. The molecule has 0 heterocycles. The maximum absolute atomic E-state index is 7.33. The molecule has 0 unspecified atom stereocenters. The summed E-state index contributed by atoms with van der Waals surface area (Å²) in [6, 6.07) is 0.